The summed E-state index contributed by atoms with van der Waals surface area (Å²) in [5, 5.41) is 2.35. The zero-order chi connectivity index (χ0) is 20.0. The van der Waals surface area contributed by atoms with Crippen molar-refractivity contribution in [3.05, 3.63) is 59.7 Å². The molecule has 7 nitrogen and oxygen atoms in total. The maximum Gasteiger partial charge on any atom is 0.338 e. The van der Waals surface area contributed by atoms with E-state index in [9.17, 15) is 19.2 Å². The molecule has 7 heteroatoms. The van der Waals surface area contributed by atoms with Crippen LogP contribution in [0.15, 0.2) is 48.5 Å². The third-order valence-electron chi connectivity index (χ3n) is 4.14. The van der Waals surface area contributed by atoms with Crippen LogP contribution in [0.2, 0.25) is 0 Å². The molecular formula is C20H20N2O5. The third-order valence-corrected chi connectivity index (χ3v) is 4.14. The maximum absolute atomic E-state index is 12.7. The van der Waals surface area contributed by atoms with Crippen LogP contribution in [-0.4, -0.2) is 56.2 Å². The van der Waals surface area contributed by atoms with E-state index in [2.05, 4.69) is 10.1 Å². The summed E-state index contributed by atoms with van der Waals surface area (Å²) >= 11 is 0. The molecule has 0 aromatic heterocycles. The molecule has 1 unspecified atom stereocenters. The van der Waals surface area contributed by atoms with Crippen molar-refractivity contribution in [2.75, 3.05) is 21.2 Å². The molecule has 2 aromatic carbocycles. The second-order valence-electron chi connectivity index (χ2n) is 5.77. The number of nitrogens with zero attached hydrogens (tertiary/aromatic N) is 1. The average Bonchev–Trinajstić information content (AvgIpc) is 2.73. The Morgan fingerprint density at radius 1 is 1.00 bits per heavy atom. The van der Waals surface area contributed by atoms with Crippen LogP contribution in [0, 0.1) is 0 Å². The summed E-state index contributed by atoms with van der Waals surface area (Å²) in [6.45, 7) is 0. The fourth-order valence-electron chi connectivity index (χ4n) is 2.57. The summed E-state index contributed by atoms with van der Waals surface area (Å²) in [6, 6.07) is 12.4. The molecule has 0 saturated heterocycles. The maximum atomic E-state index is 12.7. The van der Waals surface area contributed by atoms with Crippen LogP contribution < -0.4 is 5.32 Å². The van der Waals surface area contributed by atoms with Gasteiger partial charge in [-0.05, 0) is 23.3 Å². The summed E-state index contributed by atoms with van der Waals surface area (Å²) in [5.41, 5.74) is 2.66. The van der Waals surface area contributed by atoms with Crippen LogP contribution >= 0.6 is 0 Å². The molecule has 27 heavy (non-hydrogen) atoms. The van der Waals surface area contributed by atoms with Gasteiger partial charge in [-0.25, -0.2) is 4.79 Å². The summed E-state index contributed by atoms with van der Waals surface area (Å²) in [7, 11) is 3.90. The Morgan fingerprint density at radius 2 is 1.52 bits per heavy atom. The molecular weight excluding hydrogens is 348 g/mol. The normalized spacial score (nSPS) is 11.2. The van der Waals surface area contributed by atoms with Gasteiger partial charge in [0.05, 0.1) is 7.11 Å². The molecule has 2 aromatic rings. The molecule has 0 heterocycles. The fourth-order valence-corrected chi connectivity index (χ4v) is 2.57. The van der Waals surface area contributed by atoms with Gasteiger partial charge in [-0.2, -0.15) is 0 Å². The number of carbonyl (C=O) groups excluding carboxylic acids is 4. The highest BCUT2D eigenvalue weighted by Gasteiger charge is 2.34. The Bertz CT molecular complexity index is 828. The second-order valence-corrected chi connectivity index (χ2v) is 5.77. The number of rotatable bonds is 6. The van der Waals surface area contributed by atoms with E-state index >= 15 is 0 Å². The quantitative estimate of drug-likeness (QED) is 0.474. The van der Waals surface area contributed by atoms with Crippen LogP contribution in [0.3, 0.4) is 0 Å². The van der Waals surface area contributed by atoms with Gasteiger partial charge < -0.3 is 15.0 Å². The number of hydrogen-bond donors (Lipinski definition) is 1. The number of esters is 1. The number of likely N-dealkylation sites (N-methyl/N-ethyl adjacent to an activating group) is 2. The highest BCUT2D eigenvalue weighted by Crippen LogP contribution is 2.21. The highest BCUT2D eigenvalue weighted by molar-refractivity contribution is 6.07. The summed E-state index contributed by atoms with van der Waals surface area (Å²) in [6.07, 6.45) is 0.769. The molecule has 1 atom stereocenters. The Labute approximate surface area is 156 Å². The molecule has 0 radical (unpaired) electrons. The number of amides is 2. The number of methoxy groups -OCH3 is 1. The molecule has 0 spiro atoms. The minimum absolute atomic E-state index is 0.323. The zero-order valence-corrected chi connectivity index (χ0v) is 15.3. The molecule has 1 N–H and O–H groups in total. The smallest absolute Gasteiger partial charge is 0.338 e. The summed E-state index contributed by atoms with van der Waals surface area (Å²) in [5.74, 6) is -1.95. The fraction of sp³-hybridized carbons (Fsp3) is 0.200. The molecule has 0 aliphatic heterocycles. The summed E-state index contributed by atoms with van der Waals surface area (Å²) in [4.78, 5) is 48.3. The Hall–Kier alpha value is -3.48. The van der Waals surface area contributed by atoms with Crippen molar-refractivity contribution >= 4 is 24.1 Å². The molecule has 0 aliphatic carbocycles. The number of aldehydes is 1. The Balaban J connectivity index is 2.23. The van der Waals surface area contributed by atoms with Crippen LogP contribution in [0.1, 0.15) is 20.7 Å². The molecule has 0 bridgehead atoms. The van der Waals surface area contributed by atoms with Crippen molar-refractivity contribution in [1.82, 2.24) is 10.2 Å². The van der Waals surface area contributed by atoms with Crippen molar-refractivity contribution in [1.29, 1.82) is 0 Å². The van der Waals surface area contributed by atoms with E-state index in [0.29, 0.717) is 11.1 Å². The lowest BCUT2D eigenvalue weighted by molar-refractivity contribution is -0.150. The molecule has 0 aliphatic rings. The predicted molar refractivity (Wildman–Crippen MR) is 99.2 cm³/mol. The van der Waals surface area contributed by atoms with Crippen molar-refractivity contribution in [3.8, 4) is 11.1 Å². The highest BCUT2D eigenvalue weighted by atomic mass is 16.5. The average molecular weight is 368 g/mol. The van der Waals surface area contributed by atoms with Gasteiger partial charge in [-0.1, -0.05) is 36.4 Å². The van der Waals surface area contributed by atoms with Crippen molar-refractivity contribution in [3.63, 3.8) is 0 Å². The second kappa shape index (κ2) is 8.75. The number of nitrogens with one attached hydrogen (secondary N) is 1. The van der Waals surface area contributed by atoms with E-state index < -0.39 is 23.8 Å². The van der Waals surface area contributed by atoms with Crippen molar-refractivity contribution < 1.29 is 23.9 Å². The summed E-state index contributed by atoms with van der Waals surface area (Å²) < 4.78 is 4.62. The number of ether oxygens (including phenoxy) is 1. The van der Waals surface area contributed by atoms with Gasteiger partial charge in [0.1, 0.15) is 6.29 Å². The first-order chi connectivity index (χ1) is 12.9. The van der Waals surface area contributed by atoms with E-state index in [-0.39, 0.29) is 0 Å². The van der Waals surface area contributed by atoms with Gasteiger partial charge in [0, 0.05) is 25.2 Å². The van der Waals surface area contributed by atoms with Crippen LogP contribution in [0.25, 0.3) is 11.1 Å². The lowest BCUT2D eigenvalue weighted by atomic mass is 10.0. The lowest BCUT2D eigenvalue weighted by Gasteiger charge is -2.24. The van der Waals surface area contributed by atoms with Crippen LogP contribution in [-0.2, 0) is 14.3 Å². The first-order valence-corrected chi connectivity index (χ1v) is 8.15. The first-order valence-electron chi connectivity index (χ1n) is 8.15. The number of benzene rings is 2. The standard InChI is InChI=1S/C20H20N2O5/c1-21-18(24)17(20(26)27-3)22(2)19(25)16-10-8-15(9-11-16)14-6-4-13(12-23)5-7-14/h4-12,17H,1-3H3,(H,21,24). The largest absolute Gasteiger partial charge is 0.467 e. The first kappa shape index (κ1) is 19.8. The molecule has 2 amide bonds. The van der Waals surface area contributed by atoms with E-state index in [1.807, 2.05) is 12.1 Å². The van der Waals surface area contributed by atoms with E-state index in [0.717, 1.165) is 29.4 Å². The lowest BCUT2D eigenvalue weighted by Crippen LogP contribution is -2.51. The molecule has 0 saturated carbocycles. The Morgan fingerprint density at radius 3 is 1.96 bits per heavy atom. The van der Waals surface area contributed by atoms with Crippen LogP contribution in [0.4, 0.5) is 0 Å². The van der Waals surface area contributed by atoms with Crippen LogP contribution in [0.5, 0.6) is 0 Å². The monoisotopic (exact) mass is 368 g/mol. The van der Waals surface area contributed by atoms with Crippen molar-refractivity contribution in [2.45, 2.75) is 6.04 Å². The number of carbonyl (C=O) groups is 4. The number of hydrogen-bond acceptors (Lipinski definition) is 5. The van der Waals surface area contributed by atoms with Gasteiger partial charge >= 0.3 is 5.97 Å². The van der Waals surface area contributed by atoms with Crippen molar-refractivity contribution in [2.24, 2.45) is 0 Å². The van der Waals surface area contributed by atoms with Gasteiger partial charge in [-0.3, -0.25) is 14.4 Å². The zero-order valence-electron chi connectivity index (χ0n) is 15.3. The van der Waals surface area contributed by atoms with Gasteiger partial charge in [-0.15, -0.1) is 0 Å². The molecule has 0 fully saturated rings. The van der Waals surface area contributed by atoms with Gasteiger partial charge in [0.25, 0.3) is 11.8 Å². The van der Waals surface area contributed by atoms with E-state index in [1.165, 1.54) is 14.1 Å². The Kier molecular flexibility index (Phi) is 6.43. The van der Waals surface area contributed by atoms with Gasteiger partial charge in [0.2, 0.25) is 6.04 Å². The predicted octanol–water partition coefficient (Wildman–Crippen LogP) is 1.53. The molecule has 2 rings (SSSR count). The van der Waals surface area contributed by atoms with E-state index in [4.69, 9.17) is 0 Å². The van der Waals surface area contributed by atoms with Gasteiger partial charge in [0.15, 0.2) is 0 Å². The third kappa shape index (κ3) is 4.38. The SMILES string of the molecule is CNC(=O)C(C(=O)OC)N(C)C(=O)c1ccc(-c2ccc(C=O)cc2)cc1. The minimum atomic E-state index is -1.37. The minimum Gasteiger partial charge on any atom is -0.467 e. The topological polar surface area (TPSA) is 92.8 Å². The molecule has 140 valence electrons. The van der Waals surface area contributed by atoms with E-state index in [1.54, 1.807) is 36.4 Å².